The molecule has 2 heterocycles. The molecule has 4 rings (SSSR count). The number of fused-ring (bicyclic) bond motifs is 1. The summed E-state index contributed by atoms with van der Waals surface area (Å²) in [6, 6.07) is 5.28. The van der Waals surface area contributed by atoms with Crippen LogP contribution >= 0.6 is 23.1 Å². The Bertz CT molecular complexity index is 1380. The van der Waals surface area contributed by atoms with Crippen molar-refractivity contribution >= 4 is 51.6 Å². The van der Waals surface area contributed by atoms with Gasteiger partial charge in [-0.1, -0.05) is 11.8 Å². The van der Waals surface area contributed by atoms with Crippen molar-refractivity contribution in [2.75, 3.05) is 11.9 Å². The van der Waals surface area contributed by atoms with Crippen LogP contribution in [0.15, 0.2) is 29.4 Å². The summed E-state index contributed by atoms with van der Waals surface area (Å²) in [6.45, 7) is 3.81. The first kappa shape index (κ1) is 27.3. The van der Waals surface area contributed by atoms with Crippen LogP contribution in [-0.2, 0) is 36.0 Å². The maximum absolute atomic E-state index is 13.0. The average molecular weight is 559 g/mol. The predicted molar refractivity (Wildman–Crippen MR) is 142 cm³/mol. The minimum absolute atomic E-state index is 0.0735. The normalized spacial score (nSPS) is 13.0. The molecule has 0 aliphatic heterocycles. The van der Waals surface area contributed by atoms with Gasteiger partial charge in [0.1, 0.15) is 5.00 Å². The number of thioether (sulfide) groups is 1. The SMILES string of the molecule is CCOC(=O)c1c(NC(=O)[C@@H](C)Sc2nnc(CNC(=O)c3ccc([N+](=O)[O-])cc3)n2C)sc2c1CCC2. The lowest BCUT2D eigenvalue weighted by atomic mass is 10.1. The molecule has 0 fully saturated rings. The number of amides is 2. The fourth-order valence-corrected chi connectivity index (χ4v) is 6.05. The zero-order valence-electron chi connectivity index (χ0n) is 21.0. The Labute approximate surface area is 226 Å². The molecular weight excluding hydrogens is 532 g/mol. The molecular formula is C24H26N6O6S2. The van der Waals surface area contributed by atoms with E-state index in [-0.39, 0.29) is 30.3 Å². The number of rotatable bonds is 10. The molecule has 2 aromatic heterocycles. The van der Waals surface area contributed by atoms with Gasteiger partial charge in [0.25, 0.3) is 11.6 Å². The summed E-state index contributed by atoms with van der Waals surface area (Å²) in [6.07, 6.45) is 2.66. The maximum Gasteiger partial charge on any atom is 0.341 e. The highest BCUT2D eigenvalue weighted by atomic mass is 32.2. The molecule has 3 aromatic rings. The number of nitrogens with one attached hydrogen (secondary N) is 2. The number of hydrogen-bond donors (Lipinski definition) is 2. The second-order valence-electron chi connectivity index (χ2n) is 8.48. The minimum Gasteiger partial charge on any atom is -0.462 e. The summed E-state index contributed by atoms with van der Waals surface area (Å²) in [5, 5.41) is 25.1. The van der Waals surface area contributed by atoms with Crippen LogP contribution < -0.4 is 10.6 Å². The number of carbonyl (C=O) groups excluding carboxylic acids is 3. The third kappa shape index (κ3) is 5.86. The molecule has 0 radical (unpaired) electrons. The van der Waals surface area contributed by atoms with Crippen LogP contribution in [0.25, 0.3) is 0 Å². The molecule has 0 bridgehead atoms. The molecule has 1 aliphatic carbocycles. The summed E-state index contributed by atoms with van der Waals surface area (Å²) in [5.74, 6) is -0.646. The van der Waals surface area contributed by atoms with E-state index in [0.717, 1.165) is 29.7 Å². The molecule has 12 nitrogen and oxygen atoms in total. The molecule has 1 aliphatic rings. The Balaban J connectivity index is 1.37. The van der Waals surface area contributed by atoms with Crippen LogP contribution in [0.5, 0.6) is 0 Å². The quantitative estimate of drug-likeness (QED) is 0.164. The van der Waals surface area contributed by atoms with Crippen molar-refractivity contribution in [3.63, 3.8) is 0 Å². The Morgan fingerprint density at radius 1 is 1.24 bits per heavy atom. The Hall–Kier alpha value is -3.78. The van der Waals surface area contributed by atoms with E-state index in [9.17, 15) is 24.5 Å². The van der Waals surface area contributed by atoms with Gasteiger partial charge in [-0.2, -0.15) is 0 Å². The highest BCUT2D eigenvalue weighted by molar-refractivity contribution is 8.00. The summed E-state index contributed by atoms with van der Waals surface area (Å²) < 4.78 is 6.90. The largest absolute Gasteiger partial charge is 0.462 e. The fourth-order valence-electron chi connectivity index (χ4n) is 3.93. The lowest BCUT2D eigenvalue weighted by Gasteiger charge is -2.12. The summed E-state index contributed by atoms with van der Waals surface area (Å²) in [4.78, 5) is 49.3. The molecule has 0 spiro atoms. The topological polar surface area (TPSA) is 158 Å². The number of benzene rings is 1. The van der Waals surface area contributed by atoms with Gasteiger partial charge in [-0.3, -0.25) is 19.7 Å². The van der Waals surface area contributed by atoms with Gasteiger partial charge < -0.3 is 19.9 Å². The smallest absolute Gasteiger partial charge is 0.341 e. The van der Waals surface area contributed by atoms with Gasteiger partial charge in [0.15, 0.2) is 11.0 Å². The molecule has 2 N–H and O–H groups in total. The number of nitro benzene ring substituents is 1. The van der Waals surface area contributed by atoms with Gasteiger partial charge in [0.2, 0.25) is 5.91 Å². The van der Waals surface area contributed by atoms with Crippen LogP contribution in [-0.4, -0.2) is 49.3 Å². The first-order valence-corrected chi connectivity index (χ1v) is 13.6. The minimum atomic E-state index is -0.549. The van der Waals surface area contributed by atoms with E-state index >= 15 is 0 Å². The number of nitrogens with zero attached hydrogens (tertiary/aromatic N) is 4. The van der Waals surface area contributed by atoms with Gasteiger partial charge in [-0.05, 0) is 50.8 Å². The highest BCUT2D eigenvalue weighted by Crippen LogP contribution is 2.40. The van der Waals surface area contributed by atoms with Crippen LogP contribution in [0, 0.1) is 10.1 Å². The number of thiophene rings is 1. The number of hydrogen-bond acceptors (Lipinski definition) is 10. The van der Waals surface area contributed by atoms with Crippen molar-refractivity contribution in [2.45, 2.75) is 50.1 Å². The predicted octanol–water partition coefficient (Wildman–Crippen LogP) is 3.50. The molecule has 38 heavy (non-hydrogen) atoms. The van der Waals surface area contributed by atoms with Crippen molar-refractivity contribution in [3.05, 3.63) is 61.8 Å². The van der Waals surface area contributed by atoms with Crippen molar-refractivity contribution in [3.8, 4) is 0 Å². The molecule has 2 amide bonds. The van der Waals surface area contributed by atoms with E-state index in [2.05, 4.69) is 20.8 Å². The van der Waals surface area contributed by atoms with Crippen LogP contribution in [0.4, 0.5) is 10.7 Å². The summed E-state index contributed by atoms with van der Waals surface area (Å²) in [7, 11) is 1.73. The first-order chi connectivity index (χ1) is 18.2. The third-order valence-electron chi connectivity index (χ3n) is 5.96. The van der Waals surface area contributed by atoms with E-state index in [1.54, 1.807) is 25.5 Å². The van der Waals surface area contributed by atoms with E-state index in [1.807, 2.05) is 0 Å². The van der Waals surface area contributed by atoms with Gasteiger partial charge >= 0.3 is 5.97 Å². The van der Waals surface area contributed by atoms with Crippen molar-refractivity contribution in [2.24, 2.45) is 7.05 Å². The van der Waals surface area contributed by atoms with Crippen LogP contribution in [0.1, 0.15) is 57.2 Å². The zero-order chi connectivity index (χ0) is 27.4. The number of nitro groups is 1. The van der Waals surface area contributed by atoms with Gasteiger partial charge in [0, 0.05) is 29.6 Å². The number of non-ortho nitro benzene ring substituents is 1. The number of esters is 1. The van der Waals surface area contributed by atoms with Gasteiger partial charge in [-0.15, -0.1) is 21.5 Å². The van der Waals surface area contributed by atoms with Crippen molar-refractivity contribution < 1.29 is 24.0 Å². The number of anilines is 1. The highest BCUT2D eigenvalue weighted by Gasteiger charge is 2.29. The van der Waals surface area contributed by atoms with Crippen LogP contribution in [0.3, 0.4) is 0 Å². The molecule has 200 valence electrons. The van der Waals surface area contributed by atoms with E-state index in [0.29, 0.717) is 21.5 Å². The number of aryl methyl sites for hydroxylation is 1. The lowest BCUT2D eigenvalue weighted by molar-refractivity contribution is -0.384. The molecule has 0 unspecified atom stereocenters. The molecule has 1 atom stereocenters. The molecule has 1 aromatic carbocycles. The molecule has 0 saturated carbocycles. The van der Waals surface area contributed by atoms with Crippen molar-refractivity contribution in [1.29, 1.82) is 0 Å². The standard InChI is InChI=1S/C24H26N6O6S2/c1-4-36-23(33)19-16-6-5-7-17(16)38-22(19)26-20(31)13(2)37-24-28-27-18(29(24)3)12-25-21(32)14-8-10-15(11-9-14)30(34)35/h8-11,13H,4-7,12H2,1-3H3,(H,25,32)(H,26,31)/t13-/m1/s1. The number of ether oxygens (including phenoxy) is 1. The molecule has 14 heteroatoms. The average Bonchev–Trinajstić information content (AvgIpc) is 3.57. The van der Waals surface area contributed by atoms with Gasteiger partial charge in [0.05, 0.1) is 28.9 Å². The van der Waals surface area contributed by atoms with E-state index in [1.165, 1.54) is 47.4 Å². The lowest BCUT2D eigenvalue weighted by Crippen LogP contribution is -2.25. The second kappa shape index (κ2) is 11.7. The van der Waals surface area contributed by atoms with E-state index < -0.39 is 22.0 Å². The third-order valence-corrected chi connectivity index (χ3v) is 8.30. The van der Waals surface area contributed by atoms with Crippen molar-refractivity contribution in [1.82, 2.24) is 20.1 Å². The Kier molecular flexibility index (Phi) is 8.42. The van der Waals surface area contributed by atoms with Crippen LogP contribution in [0.2, 0.25) is 0 Å². The maximum atomic E-state index is 13.0. The summed E-state index contributed by atoms with van der Waals surface area (Å²) in [5.41, 5.74) is 1.60. The molecule has 0 saturated heterocycles. The Morgan fingerprint density at radius 3 is 2.66 bits per heavy atom. The number of aromatic nitrogens is 3. The van der Waals surface area contributed by atoms with Gasteiger partial charge in [-0.25, -0.2) is 4.79 Å². The monoisotopic (exact) mass is 558 g/mol. The van der Waals surface area contributed by atoms with E-state index in [4.69, 9.17) is 4.74 Å². The number of carbonyl (C=O) groups is 3. The Morgan fingerprint density at radius 2 is 1.97 bits per heavy atom. The fraction of sp³-hybridized carbons (Fsp3) is 0.375. The second-order valence-corrected chi connectivity index (χ2v) is 10.9. The first-order valence-electron chi connectivity index (χ1n) is 11.9. The zero-order valence-corrected chi connectivity index (χ0v) is 22.6. The summed E-state index contributed by atoms with van der Waals surface area (Å²) >= 11 is 2.62.